The molecule has 2 amide bonds. The molecule has 4 heterocycles. The van der Waals surface area contributed by atoms with Gasteiger partial charge in [0.1, 0.15) is 23.3 Å². The van der Waals surface area contributed by atoms with Gasteiger partial charge in [0.15, 0.2) is 5.60 Å². The summed E-state index contributed by atoms with van der Waals surface area (Å²) >= 11 is 0. The summed E-state index contributed by atoms with van der Waals surface area (Å²) in [5, 5.41) is 0. The Hall–Kier alpha value is -3.27. The van der Waals surface area contributed by atoms with Gasteiger partial charge in [-0.25, -0.2) is 14.6 Å². The van der Waals surface area contributed by atoms with Crippen LogP contribution in [0.2, 0.25) is 0 Å². The second kappa shape index (κ2) is 10.2. The maximum atomic E-state index is 13.1. The molecule has 1 saturated carbocycles. The van der Waals surface area contributed by atoms with E-state index in [1.807, 2.05) is 41.7 Å². The lowest BCUT2D eigenvalue weighted by molar-refractivity contribution is -0.139. The number of imidazole rings is 1. The molecule has 1 spiro atoms. The zero-order valence-electron chi connectivity index (χ0n) is 26.0. The summed E-state index contributed by atoms with van der Waals surface area (Å²) in [7, 11) is 2.00. The van der Waals surface area contributed by atoms with Crippen LogP contribution in [0.1, 0.15) is 83.5 Å². The largest absolute Gasteiger partial charge is 0.480 e. The van der Waals surface area contributed by atoms with Crippen molar-refractivity contribution in [2.45, 2.75) is 90.1 Å². The third kappa shape index (κ3) is 5.57. The fourth-order valence-corrected chi connectivity index (χ4v) is 6.42. The lowest BCUT2D eigenvalue weighted by atomic mass is 9.83. The molecular weight excluding hydrogens is 536 g/mol. The van der Waals surface area contributed by atoms with Gasteiger partial charge in [0.25, 0.3) is 0 Å². The number of hydrogen-bond acceptors (Lipinski definition) is 7. The van der Waals surface area contributed by atoms with Gasteiger partial charge in [-0.2, -0.15) is 0 Å². The Bertz CT molecular complexity index is 1380. The van der Waals surface area contributed by atoms with Gasteiger partial charge in [-0.3, -0.25) is 0 Å². The molecule has 6 rings (SSSR count). The zero-order chi connectivity index (χ0) is 30.0. The molecule has 1 aromatic carbocycles. The van der Waals surface area contributed by atoms with Crippen molar-refractivity contribution >= 4 is 12.2 Å². The number of hydrogen-bond donors (Lipinski definition) is 0. The van der Waals surface area contributed by atoms with Crippen LogP contribution in [0.4, 0.5) is 9.59 Å². The number of aryl methyl sites for hydroxylation is 1. The van der Waals surface area contributed by atoms with Crippen LogP contribution < -0.4 is 4.74 Å². The van der Waals surface area contributed by atoms with Crippen molar-refractivity contribution in [2.24, 2.45) is 13.0 Å². The highest BCUT2D eigenvalue weighted by Crippen LogP contribution is 2.50. The monoisotopic (exact) mass is 580 g/mol. The number of amides is 2. The minimum absolute atomic E-state index is 0.241. The van der Waals surface area contributed by atoms with E-state index in [1.54, 1.807) is 9.80 Å². The van der Waals surface area contributed by atoms with Crippen molar-refractivity contribution in [3.63, 3.8) is 0 Å². The predicted octanol–water partition coefficient (Wildman–Crippen LogP) is 5.71. The number of carbonyl (C=O) groups excluding carboxylic acids is 2. The zero-order valence-corrected chi connectivity index (χ0v) is 26.0. The topological polar surface area (TPSA) is 95.4 Å². The van der Waals surface area contributed by atoms with Gasteiger partial charge in [-0.1, -0.05) is 6.07 Å². The van der Waals surface area contributed by atoms with E-state index < -0.39 is 22.9 Å². The molecule has 4 aliphatic rings. The van der Waals surface area contributed by atoms with Crippen LogP contribution in [0.15, 0.2) is 18.2 Å². The van der Waals surface area contributed by atoms with Crippen LogP contribution in [0.5, 0.6) is 5.75 Å². The molecule has 1 aliphatic carbocycles. The highest BCUT2D eigenvalue weighted by atomic mass is 16.6. The van der Waals surface area contributed by atoms with Crippen molar-refractivity contribution in [1.82, 2.24) is 19.4 Å². The normalized spacial score (nSPS) is 22.7. The SMILES string of the molecule is Cc1ccc2c(c1)OC1(CCN(C(=O)OCC3CC3)CC1)c1c-2nc(C2CN(C(=O)OC(C)(C)C)CC(C)(C)O2)n1C. The van der Waals surface area contributed by atoms with Crippen LogP contribution in [-0.4, -0.2) is 75.5 Å². The lowest BCUT2D eigenvalue weighted by Crippen LogP contribution is -2.53. The molecule has 2 saturated heterocycles. The number of piperidine rings is 1. The minimum Gasteiger partial charge on any atom is -0.480 e. The first kappa shape index (κ1) is 28.8. The van der Waals surface area contributed by atoms with Crippen molar-refractivity contribution in [1.29, 1.82) is 0 Å². The maximum Gasteiger partial charge on any atom is 0.410 e. The van der Waals surface area contributed by atoms with E-state index in [4.69, 9.17) is 23.9 Å². The minimum atomic E-state index is -0.654. The Balaban J connectivity index is 1.33. The van der Waals surface area contributed by atoms with Crippen molar-refractivity contribution in [3.8, 4) is 17.0 Å². The van der Waals surface area contributed by atoms with Gasteiger partial charge < -0.3 is 33.3 Å². The summed E-state index contributed by atoms with van der Waals surface area (Å²) in [5.41, 5.74) is 2.05. The summed E-state index contributed by atoms with van der Waals surface area (Å²) in [4.78, 5) is 34.6. The molecule has 228 valence electrons. The molecule has 1 atom stereocenters. The fourth-order valence-electron chi connectivity index (χ4n) is 6.42. The molecule has 0 N–H and O–H groups in total. The number of morpholine rings is 1. The van der Waals surface area contributed by atoms with E-state index in [-0.39, 0.29) is 12.2 Å². The van der Waals surface area contributed by atoms with Gasteiger partial charge in [0.05, 0.1) is 36.7 Å². The summed E-state index contributed by atoms with van der Waals surface area (Å²) in [6.45, 7) is 14.0. The fraction of sp³-hybridized carbons (Fsp3) is 0.656. The number of benzene rings is 1. The third-order valence-corrected chi connectivity index (χ3v) is 8.59. The third-order valence-electron chi connectivity index (χ3n) is 8.59. The average molecular weight is 581 g/mol. The summed E-state index contributed by atoms with van der Waals surface area (Å²) in [5.74, 6) is 2.07. The number of aromatic nitrogens is 2. The summed E-state index contributed by atoms with van der Waals surface area (Å²) in [6.07, 6.45) is 2.47. The van der Waals surface area contributed by atoms with E-state index in [0.717, 1.165) is 46.9 Å². The summed E-state index contributed by atoms with van der Waals surface area (Å²) < 4.78 is 26.8. The van der Waals surface area contributed by atoms with Crippen molar-refractivity contribution in [2.75, 3.05) is 32.8 Å². The molecule has 1 aromatic heterocycles. The molecule has 0 bridgehead atoms. The molecule has 1 unspecified atom stereocenters. The smallest absolute Gasteiger partial charge is 0.410 e. The van der Waals surface area contributed by atoms with Crippen LogP contribution in [0, 0.1) is 12.8 Å². The number of carbonyl (C=O) groups is 2. The van der Waals surface area contributed by atoms with Gasteiger partial charge in [0.2, 0.25) is 0 Å². The van der Waals surface area contributed by atoms with Crippen LogP contribution in [-0.2, 0) is 26.9 Å². The van der Waals surface area contributed by atoms with Crippen LogP contribution in [0.3, 0.4) is 0 Å². The predicted molar refractivity (Wildman–Crippen MR) is 156 cm³/mol. The first-order valence-corrected chi connectivity index (χ1v) is 15.2. The van der Waals surface area contributed by atoms with Crippen LogP contribution in [0.25, 0.3) is 11.3 Å². The van der Waals surface area contributed by atoms with Gasteiger partial charge in [0, 0.05) is 38.5 Å². The average Bonchev–Trinajstić information content (AvgIpc) is 3.66. The van der Waals surface area contributed by atoms with E-state index in [9.17, 15) is 9.59 Å². The second-order valence-corrected chi connectivity index (χ2v) is 14.1. The van der Waals surface area contributed by atoms with Crippen molar-refractivity contribution < 1.29 is 28.5 Å². The Morgan fingerprint density at radius 2 is 1.81 bits per heavy atom. The Labute approximate surface area is 248 Å². The summed E-state index contributed by atoms with van der Waals surface area (Å²) in [6, 6.07) is 6.20. The number of fused-ring (bicyclic) bond motifs is 4. The Morgan fingerprint density at radius 3 is 2.48 bits per heavy atom. The van der Waals surface area contributed by atoms with Crippen molar-refractivity contribution in [3.05, 3.63) is 35.3 Å². The van der Waals surface area contributed by atoms with Crippen LogP contribution >= 0.6 is 0 Å². The molecule has 3 aliphatic heterocycles. The highest BCUT2D eigenvalue weighted by molar-refractivity contribution is 5.74. The molecule has 10 nitrogen and oxygen atoms in total. The molecular formula is C32H44N4O6. The molecule has 10 heteroatoms. The van der Waals surface area contributed by atoms with Gasteiger partial charge in [-0.05, 0) is 78.0 Å². The standard InChI is InChI=1S/C32H44N4O6/c1-20-8-11-22-23(16-20)41-32(12-14-35(15-13-32)28(37)39-18-21-9-10-21)26-25(22)33-27(34(26)7)24-17-36(19-31(5,6)40-24)29(38)42-30(2,3)4/h8,11,16,21,24H,9-10,12-15,17-19H2,1-7H3. The van der Waals surface area contributed by atoms with E-state index >= 15 is 0 Å². The highest BCUT2D eigenvalue weighted by Gasteiger charge is 2.49. The van der Waals surface area contributed by atoms with Gasteiger partial charge in [-0.15, -0.1) is 0 Å². The first-order chi connectivity index (χ1) is 19.7. The molecule has 3 fully saturated rings. The Morgan fingerprint density at radius 1 is 1.10 bits per heavy atom. The van der Waals surface area contributed by atoms with E-state index in [1.165, 1.54) is 0 Å². The lowest BCUT2D eigenvalue weighted by Gasteiger charge is -2.44. The quantitative estimate of drug-likeness (QED) is 0.459. The maximum absolute atomic E-state index is 13.1. The first-order valence-electron chi connectivity index (χ1n) is 15.2. The van der Waals surface area contributed by atoms with E-state index in [0.29, 0.717) is 51.5 Å². The molecule has 42 heavy (non-hydrogen) atoms. The van der Waals surface area contributed by atoms with E-state index in [2.05, 4.69) is 29.7 Å². The van der Waals surface area contributed by atoms with Gasteiger partial charge >= 0.3 is 12.2 Å². The number of rotatable bonds is 3. The number of likely N-dealkylation sites (tertiary alicyclic amines) is 1. The number of ether oxygens (including phenoxy) is 4. The Kier molecular flexibility index (Phi) is 6.98. The molecule has 2 aromatic rings. The second-order valence-electron chi connectivity index (χ2n) is 14.1. The number of nitrogens with zero attached hydrogens (tertiary/aromatic N) is 4. The molecule has 0 radical (unpaired) electrons.